The predicted octanol–water partition coefficient (Wildman–Crippen LogP) is 7.13. The molecular formula is C35H33Cl2F3N8O2. The average Bonchev–Trinajstić information content (AvgIpc) is 3.59. The number of fused-ring (bicyclic) bond motifs is 2. The number of hydrogen-bond acceptors (Lipinski definition) is 7. The van der Waals surface area contributed by atoms with Gasteiger partial charge in [-0.25, -0.2) is 4.98 Å². The van der Waals surface area contributed by atoms with Crippen LogP contribution in [-0.2, 0) is 13.6 Å². The van der Waals surface area contributed by atoms with E-state index in [-0.39, 0.29) is 54.9 Å². The zero-order valence-electron chi connectivity index (χ0n) is 27.0. The van der Waals surface area contributed by atoms with Crippen LogP contribution in [0.2, 0.25) is 10.0 Å². The summed E-state index contributed by atoms with van der Waals surface area (Å²) in [7, 11) is 1.83. The molecule has 2 amide bonds. The molecule has 10 nitrogen and oxygen atoms in total. The lowest BCUT2D eigenvalue weighted by atomic mass is 9.85. The molecule has 3 fully saturated rings. The quantitative estimate of drug-likeness (QED) is 0.177. The number of benzene rings is 2. The molecule has 2 unspecified atom stereocenters. The Morgan fingerprint density at radius 1 is 1.04 bits per heavy atom. The minimum Gasteiger partial charge on any atom is -0.370 e. The topological polar surface area (TPSA) is 128 Å². The Bertz CT molecular complexity index is 2030. The van der Waals surface area contributed by atoms with E-state index < -0.39 is 18.0 Å². The number of carbonyl (C=O) groups is 2. The van der Waals surface area contributed by atoms with Crippen molar-refractivity contribution in [2.24, 2.45) is 24.8 Å². The Kier molecular flexibility index (Phi) is 9.03. The largest absolute Gasteiger partial charge is 0.391 e. The first-order valence-corrected chi connectivity index (χ1v) is 17.2. The van der Waals surface area contributed by atoms with Crippen molar-refractivity contribution in [3.05, 3.63) is 75.0 Å². The van der Waals surface area contributed by atoms with Gasteiger partial charge in [0, 0.05) is 38.9 Å². The number of nitrogens with zero attached hydrogens (tertiary/aromatic N) is 5. The lowest BCUT2D eigenvalue weighted by Crippen LogP contribution is -2.40. The first kappa shape index (κ1) is 33.9. The zero-order chi connectivity index (χ0) is 35.3. The van der Waals surface area contributed by atoms with Crippen molar-refractivity contribution in [2.75, 3.05) is 23.3 Å². The molecule has 3 heterocycles. The number of nitrogens with one attached hydrogen (secondary N) is 3. The molecule has 0 bridgehead atoms. The summed E-state index contributed by atoms with van der Waals surface area (Å²) >= 11 is 13.4. The Labute approximate surface area is 296 Å². The smallest absolute Gasteiger partial charge is 0.370 e. The number of alkyl halides is 3. The third-order valence-corrected chi connectivity index (χ3v) is 10.8. The molecular weight excluding hydrogens is 692 g/mol. The summed E-state index contributed by atoms with van der Waals surface area (Å²) in [5.41, 5.74) is 3.85. The van der Waals surface area contributed by atoms with Gasteiger partial charge >= 0.3 is 6.18 Å². The number of aromatic nitrogens is 3. The number of pyridine rings is 1. The highest BCUT2D eigenvalue weighted by Crippen LogP contribution is 2.47. The normalized spacial score (nSPS) is 21.4. The molecule has 15 heteroatoms. The van der Waals surface area contributed by atoms with Crippen molar-refractivity contribution in [3.8, 4) is 6.07 Å². The van der Waals surface area contributed by atoms with E-state index in [2.05, 4.69) is 25.8 Å². The van der Waals surface area contributed by atoms with Crippen LogP contribution in [0.25, 0.3) is 11.0 Å². The third kappa shape index (κ3) is 6.79. The minimum atomic E-state index is -4.22. The van der Waals surface area contributed by atoms with Crippen molar-refractivity contribution < 1.29 is 22.8 Å². The standard InChI is InChI=1S/C35H33Cl2F3N8O2/c1-47-29-13-28(48-16-20-11-21(20)17-48)24(32(49)44-23-5-3-22(4-6-23)35(38,39)40)12-26(29)45-34(47)46-31-25(36)7-2-19(30(31)37)15-43-33(50)27-10-18(14-41)8-9-42-27/h2,7-10,12-13,20-23H,3-6,11,15-17H2,1H3,(H,43,50)(H,44,49)(H,45,46). The lowest BCUT2D eigenvalue weighted by molar-refractivity contribution is -0.182. The summed E-state index contributed by atoms with van der Waals surface area (Å²) in [5.74, 6) is -0.524. The summed E-state index contributed by atoms with van der Waals surface area (Å²) in [4.78, 5) is 37.5. The van der Waals surface area contributed by atoms with Crippen LogP contribution in [0.5, 0.6) is 0 Å². The van der Waals surface area contributed by atoms with E-state index in [1.54, 1.807) is 18.2 Å². The number of amides is 2. The molecule has 2 aromatic heterocycles. The van der Waals surface area contributed by atoms with Crippen LogP contribution in [0.4, 0.5) is 30.5 Å². The van der Waals surface area contributed by atoms with E-state index in [1.165, 1.54) is 24.8 Å². The molecule has 3 aliphatic rings. The van der Waals surface area contributed by atoms with Crippen LogP contribution in [0.3, 0.4) is 0 Å². The van der Waals surface area contributed by atoms with Crippen molar-refractivity contribution >= 4 is 63.4 Å². The molecule has 2 atom stereocenters. The van der Waals surface area contributed by atoms with Crippen LogP contribution < -0.4 is 20.9 Å². The highest BCUT2D eigenvalue weighted by molar-refractivity contribution is 6.39. The van der Waals surface area contributed by atoms with Crippen molar-refractivity contribution in [3.63, 3.8) is 0 Å². The predicted molar refractivity (Wildman–Crippen MR) is 184 cm³/mol. The molecule has 7 rings (SSSR count). The molecule has 260 valence electrons. The zero-order valence-corrected chi connectivity index (χ0v) is 28.5. The van der Waals surface area contributed by atoms with Crippen molar-refractivity contribution in [1.29, 1.82) is 5.26 Å². The van der Waals surface area contributed by atoms with Gasteiger partial charge in [-0.2, -0.15) is 18.4 Å². The van der Waals surface area contributed by atoms with E-state index in [9.17, 15) is 22.8 Å². The number of aryl methyl sites for hydroxylation is 1. The Hall–Kier alpha value is -4.54. The maximum absolute atomic E-state index is 13.8. The number of piperidine rings is 1. The molecule has 2 saturated carbocycles. The second kappa shape index (κ2) is 13.3. The van der Waals surface area contributed by atoms with Crippen molar-refractivity contribution in [2.45, 2.75) is 50.9 Å². The fraction of sp³-hybridized carbons (Fsp3) is 0.400. The van der Waals surface area contributed by atoms with E-state index in [0.29, 0.717) is 50.7 Å². The number of rotatable bonds is 8. The van der Waals surface area contributed by atoms with Crippen molar-refractivity contribution in [1.82, 2.24) is 25.2 Å². The Balaban J connectivity index is 1.13. The second-order valence-electron chi connectivity index (χ2n) is 13.3. The van der Waals surface area contributed by atoms with E-state index in [1.807, 2.05) is 23.8 Å². The first-order chi connectivity index (χ1) is 23.9. The summed E-state index contributed by atoms with van der Waals surface area (Å²) < 4.78 is 41.6. The second-order valence-corrected chi connectivity index (χ2v) is 14.1. The molecule has 2 aliphatic carbocycles. The summed E-state index contributed by atoms with van der Waals surface area (Å²) in [6.07, 6.45) is -1.11. The van der Waals surface area contributed by atoms with Gasteiger partial charge in [0.2, 0.25) is 5.95 Å². The maximum atomic E-state index is 13.8. The van der Waals surface area contributed by atoms with E-state index >= 15 is 0 Å². The highest BCUT2D eigenvalue weighted by Gasteiger charge is 2.46. The molecule has 0 radical (unpaired) electrons. The maximum Gasteiger partial charge on any atom is 0.391 e. The molecule has 3 N–H and O–H groups in total. The van der Waals surface area contributed by atoms with Crippen LogP contribution in [-0.4, -0.2) is 51.7 Å². The SMILES string of the molecule is Cn1c(Nc2c(Cl)ccc(CNC(=O)c3cc(C#N)ccn3)c2Cl)nc2cc(C(=O)NC3CCC(C(F)(F)F)CC3)c(N3CC4CC4C3)cc21. The molecule has 50 heavy (non-hydrogen) atoms. The van der Waals surface area contributed by atoms with Gasteiger partial charge in [0.15, 0.2) is 0 Å². The molecule has 4 aromatic rings. The number of hydrogen-bond donors (Lipinski definition) is 3. The van der Waals surface area contributed by atoms with Crippen LogP contribution in [0.15, 0.2) is 42.6 Å². The Morgan fingerprint density at radius 2 is 1.78 bits per heavy atom. The number of carbonyl (C=O) groups excluding carboxylic acids is 2. The molecule has 1 saturated heterocycles. The third-order valence-electron chi connectivity index (χ3n) is 10.1. The van der Waals surface area contributed by atoms with Gasteiger partial charge in [-0.1, -0.05) is 29.3 Å². The van der Waals surface area contributed by atoms with E-state index in [4.69, 9.17) is 33.4 Å². The number of imidazole rings is 1. The van der Waals surface area contributed by atoms with Crippen LogP contribution in [0.1, 0.15) is 64.1 Å². The van der Waals surface area contributed by atoms with Gasteiger partial charge < -0.3 is 25.4 Å². The van der Waals surface area contributed by atoms with Crippen LogP contribution in [0, 0.1) is 29.1 Å². The summed E-state index contributed by atoms with van der Waals surface area (Å²) in [6.45, 7) is 1.73. The molecule has 0 spiro atoms. The van der Waals surface area contributed by atoms with Gasteiger partial charge in [0.25, 0.3) is 11.8 Å². The highest BCUT2D eigenvalue weighted by atomic mass is 35.5. The van der Waals surface area contributed by atoms with Gasteiger partial charge in [0.1, 0.15) is 5.69 Å². The monoisotopic (exact) mass is 724 g/mol. The number of halogens is 5. The van der Waals surface area contributed by atoms with Crippen LogP contribution >= 0.6 is 23.2 Å². The number of anilines is 3. The fourth-order valence-electron chi connectivity index (χ4n) is 7.05. The lowest BCUT2D eigenvalue weighted by Gasteiger charge is -2.31. The summed E-state index contributed by atoms with van der Waals surface area (Å²) in [5, 5.41) is 18.7. The number of nitriles is 1. The average molecular weight is 726 g/mol. The van der Waals surface area contributed by atoms with Gasteiger partial charge in [-0.05, 0) is 79.8 Å². The van der Waals surface area contributed by atoms with Gasteiger partial charge in [0.05, 0.1) is 55.6 Å². The fourth-order valence-corrected chi connectivity index (χ4v) is 7.59. The summed E-state index contributed by atoms with van der Waals surface area (Å²) in [6, 6.07) is 11.6. The minimum absolute atomic E-state index is 0.00278. The molecule has 1 aliphatic heterocycles. The van der Waals surface area contributed by atoms with E-state index in [0.717, 1.165) is 24.3 Å². The van der Waals surface area contributed by atoms with Gasteiger partial charge in [-0.15, -0.1) is 0 Å². The van der Waals surface area contributed by atoms with Gasteiger partial charge in [-0.3, -0.25) is 14.6 Å². The Morgan fingerprint density at radius 3 is 2.48 bits per heavy atom. The molecule has 2 aromatic carbocycles. The first-order valence-electron chi connectivity index (χ1n) is 16.4.